The van der Waals surface area contributed by atoms with Crippen molar-refractivity contribution in [3.63, 3.8) is 0 Å². The molecule has 0 radical (unpaired) electrons. The van der Waals surface area contributed by atoms with Crippen LogP contribution >= 0.6 is 0 Å². The van der Waals surface area contributed by atoms with E-state index in [1.165, 1.54) is 12.0 Å². The van der Waals surface area contributed by atoms with Crippen molar-refractivity contribution in [1.29, 1.82) is 0 Å². The summed E-state index contributed by atoms with van der Waals surface area (Å²) in [5, 5.41) is 75.2. The van der Waals surface area contributed by atoms with E-state index < -0.39 is 66.3 Å². The largest absolute Gasteiger partial charge is 0.393 e. The Labute approximate surface area is 311 Å². The Kier molecular flexibility index (Phi) is 11.5. The molecule has 17 atom stereocenters. The molecule has 0 aromatic rings. The first-order chi connectivity index (χ1) is 24.1. The highest BCUT2D eigenvalue weighted by molar-refractivity contribution is 5.31. The molecule has 0 aromatic heterocycles. The second kappa shape index (κ2) is 14.7. The smallest absolute Gasteiger partial charge is 0.187 e. The summed E-state index contributed by atoms with van der Waals surface area (Å²) in [6.45, 7) is 17.6. The zero-order valence-electron chi connectivity index (χ0n) is 32.9. The van der Waals surface area contributed by atoms with E-state index in [2.05, 4.69) is 47.6 Å². The predicted octanol–water partition coefficient (Wildman–Crippen LogP) is 3.82. The minimum absolute atomic E-state index is 0.0104. The molecule has 0 aromatic carbocycles. The molecule has 5 fully saturated rings. The third-order valence-electron chi connectivity index (χ3n) is 15.7. The van der Waals surface area contributed by atoms with E-state index in [0.717, 1.165) is 44.9 Å². The lowest BCUT2D eigenvalue weighted by molar-refractivity contribution is -0.330. The average Bonchev–Trinajstić information content (AvgIpc) is 3.32. The van der Waals surface area contributed by atoms with Crippen LogP contribution in [-0.4, -0.2) is 116 Å². The second-order valence-electron chi connectivity index (χ2n) is 19.7. The molecule has 3 saturated carbocycles. The van der Waals surface area contributed by atoms with Crippen LogP contribution in [0.25, 0.3) is 0 Å². The van der Waals surface area contributed by atoms with Crippen molar-refractivity contribution in [2.45, 2.75) is 187 Å². The number of rotatable bonds is 10. The fraction of sp³-hybridized carbons (Fsp3) is 0.951. The fourth-order valence-corrected chi connectivity index (χ4v) is 12.4. The van der Waals surface area contributed by atoms with Crippen LogP contribution in [0.2, 0.25) is 0 Å². The molecule has 7 N–H and O–H groups in total. The van der Waals surface area contributed by atoms with Crippen molar-refractivity contribution in [3.05, 3.63) is 11.6 Å². The summed E-state index contributed by atoms with van der Waals surface area (Å²) in [6, 6.07) is 0. The Bertz CT molecular complexity index is 1280. The van der Waals surface area contributed by atoms with Crippen LogP contribution in [0.15, 0.2) is 11.6 Å². The monoisotopic (exact) mass is 738 g/mol. The SMILES string of the molecule is C[C@H](CCCC(C)(C)O)C1CC[C@@]2(C)C3CC=C4C(CC[C@H](O[C@@H]5O[C@H](CO[C@@H]6OC[C@@H](O)C[C@H]6O)[C@@H](O)[C@H](O)[C@H]5O)C4(C)C)[C@]3(C)[C@H](O)C[C@]12C. The first kappa shape index (κ1) is 40.9. The molecule has 11 nitrogen and oxygen atoms in total. The quantitative estimate of drug-likeness (QED) is 0.162. The summed E-state index contributed by atoms with van der Waals surface area (Å²) in [7, 11) is 0. The topological polar surface area (TPSA) is 179 Å². The van der Waals surface area contributed by atoms with Crippen molar-refractivity contribution in [2.75, 3.05) is 13.2 Å². The van der Waals surface area contributed by atoms with Gasteiger partial charge in [-0.2, -0.15) is 0 Å². The molecule has 2 saturated heterocycles. The van der Waals surface area contributed by atoms with E-state index >= 15 is 0 Å². The Morgan fingerprint density at radius 3 is 2.31 bits per heavy atom. The van der Waals surface area contributed by atoms with E-state index in [4.69, 9.17) is 18.9 Å². The van der Waals surface area contributed by atoms with Crippen molar-refractivity contribution < 1.29 is 54.7 Å². The molecule has 0 amide bonds. The maximum absolute atomic E-state index is 12.4. The zero-order valence-corrected chi connectivity index (χ0v) is 32.9. The molecule has 6 rings (SSSR count). The maximum atomic E-state index is 12.4. The summed E-state index contributed by atoms with van der Waals surface area (Å²) >= 11 is 0. The van der Waals surface area contributed by atoms with Gasteiger partial charge in [0.15, 0.2) is 12.6 Å². The van der Waals surface area contributed by atoms with Gasteiger partial charge in [-0.05, 0) is 93.3 Å². The Morgan fingerprint density at radius 2 is 1.63 bits per heavy atom. The molecule has 52 heavy (non-hydrogen) atoms. The molecule has 11 heteroatoms. The van der Waals surface area contributed by atoms with Gasteiger partial charge in [0.1, 0.15) is 30.5 Å². The lowest BCUT2D eigenvalue weighted by Gasteiger charge is -2.67. The third kappa shape index (κ3) is 6.99. The van der Waals surface area contributed by atoms with Gasteiger partial charge in [0.05, 0.1) is 37.1 Å². The van der Waals surface area contributed by atoms with E-state index in [1.54, 1.807) is 0 Å². The van der Waals surface area contributed by atoms with Gasteiger partial charge in [0.25, 0.3) is 0 Å². The highest BCUT2D eigenvalue weighted by atomic mass is 16.7. The van der Waals surface area contributed by atoms with Crippen LogP contribution in [0.4, 0.5) is 0 Å². The molecule has 0 spiro atoms. The highest BCUT2D eigenvalue weighted by Gasteiger charge is 2.70. The van der Waals surface area contributed by atoms with Crippen LogP contribution in [0, 0.1) is 45.3 Å². The number of hydrogen-bond donors (Lipinski definition) is 7. The molecule has 6 aliphatic rings. The lowest BCUT2D eigenvalue weighted by Crippen LogP contribution is -2.65. The van der Waals surface area contributed by atoms with Crippen LogP contribution < -0.4 is 0 Å². The van der Waals surface area contributed by atoms with Crippen molar-refractivity contribution in [3.8, 4) is 0 Å². The average molecular weight is 739 g/mol. The molecular weight excluding hydrogens is 668 g/mol. The predicted molar refractivity (Wildman–Crippen MR) is 194 cm³/mol. The first-order valence-electron chi connectivity index (χ1n) is 20.2. The standard InChI is InChI=1S/C41H70O11/c1-22(10-9-16-37(2,3)48)24-15-17-39(6)29-13-11-25-26(41(29,8)30(44)19-40(24,39)7)12-14-31(38(25,4)5)52-36-34(47)33(46)32(45)28(51-36)21-50-35-27(43)18-23(42)20-49-35/h11,22-24,26-36,42-48H,9-10,12-21H2,1-8H3/t22-,23+,24?,26?,27-,28-,29?,30-,31+,32-,33+,34-,35+,36+,39+,40-,41+/m1/s1. The van der Waals surface area contributed by atoms with Crippen molar-refractivity contribution in [2.24, 2.45) is 45.3 Å². The number of fused-ring (bicyclic) bond motifs is 5. The van der Waals surface area contributed by atoms with Gasteiger partial charge in [-0.25, -0.2) is 0 Å². The van der Waals surface area contributed by atoms with Gasteiger partial charge in [-0.15, -0.1) is 0 Å². The van der Waals surface area contributed by atoms with Crippen molar-refractivity contribution >= 4 is 0 Å². The summed E-state index contributed by atoms with van der Waals surface area (Å²) in [4.78, 5) is 0. The summed E-state index contributed by atoms with van der Waals surface area (Å²) < 4.78 is 23.7. The van der Waals surface area contributed by atoms with Gasteiger partial charge in [0.2, 0.25) is 0 Å². The molecule has 300 valence electrons. The number of allylic oxidation sites excluding steroid dienone is 1. The molecule has 4 aliphatic carbocycles. The second-order valence-corrected chi connectivity index (χ2v) is 19.7. The van der Waals surface area contributed by atoms with E-state index in [1.807, 2.05) is 13.8 Å². The maximum Gasteiger partial charge on any atom is 0.187 e. The van der Waals surface area contributed by atoms with Crippen LogP contribution in [0.5, 0.6) is 0 Å². The van der Waals surface area contributed by atoms with Gasteiger partial charge in [0, 0.05) is 17.3 Å². The van der Waals surface area contributed by atoms with E-state index in [9.17, 15) is 35.7 Å². The molecule has 2 aliphatic heterocycles. The number of ether oxygens (including phenoxy) is 4. The molecule has 3 unspecified atom stereocenters. The van der Waals surface area contributed by atoms with Crippen LogP contribution in [-0.2, 0) is 18.9 Å². The Balaban J connectivity index is 1.16. The Morgan fingerprint density at radius 1 is 0.923 bits per heavy atom. The molecule has 2 heterocycles. The Hall–Kier alpha value is -0.700. The van der Waals surface area contributed by atoms with Crippen LogP contribution in [0.3, 0.4) is 0 Å². The summed E-state index contributed by atoms with van der Waals surface area (Å²) in [5.74, 6) is 1.56. The number of aliphatic hydroxyl groups is 7. The number of hydrogen-bond acceptors (Lipinski definition) is 11. The van der Waals surface area contributed by atoms with E-state index in [-0.39, 0.29) is 47.9 Å². The highest BCUT2D eigenvalue weighted by Crippen LogP contribution is 2.75. The minimum atomic E-state index is -1.54. The minimum Gasteiger partial charge on any atom is -0.393 e. The van der Waals surface area contributed by atoms with Gasteiger partial charge >= 0.3 is 0 Å². The fourth-order valence-electron chi connectivity index (χ4n) is 12.4. The molecular formula is C41H70O11. The number of aliphatic hydroxyl groups excluding tert-OH is 6. The van der Waals surface area contributed by atoms with Gasteiger partial charge < -0.3 is 54.7 Å². The van der Waals surface area contributed by atoms with Gasteiger partial charge in [-0.1, -0.05) is 66.0 Å². The summed E-state index contributed by atoms with van der Waals surface area (Å²) in [6.07, 6.45) is 0.514. The summed E-state index contributed by atoms with van der Waals surface area (Å²) in [5.41, 5.74) is -0.0170. The normalized spacial score (nSPS) is 49.8. The zero-order chi connectivity index (χ0) is 38.2. The first-order valence-corrected chi connectivity index (χ1v) is 20.2. The van der Waals surface area contributed by atoms with Gasteiger partial charge in [-0.3, -0.25) is 0 Å². The van der Waals surface area contributed by atoms with Crippen molar-refractivity contribution in [1.82, 2.24) is 0 Å². The molecule has 0 bridgehead atoms. The van der Waals surface area contributed by atoms with E-state index in [0.29, 0.717) is 24.2 Å². The third-order valence-corrected chi connectivity index (χ3v) is 15.7. The lowest BCUT2D eigenvalue weighted by atomic mass is 9.38. The van der Waals surface area contributed by atoms with Crippen LogP contribution in [0.1, 0.15) is 120 Å².